The first kappa shape index (κ1) is 17.0. The molecule has 2 aromatic carbocycles. The Morgan fingerprint density at radius 2 is 1.91 bits per heavy atom. The minimum atomic E-state index is -0.531. The second-order valence-electron chi connectivity index (χ2n) is 5.93. The second-order valence-corrected chi connectivity index (χ2v) is 6.43. The molecule has 2 aromatic rings. The van der Waals surface area contributed by atoms with Crippen LogP contribution in [0.15, 0.2) is 30.3 Å². The van der Waals surface area contributed by atoms with Crippen LogP contribution in [0.2, 0.25) is 0 Å². The molecule has 5 heteroatoms. The van der Waals surface area contributed by atoms with Crippen LogP contribution in [0.4, 0.5) is 0 Å². The van der Waals surface area contributed by atoms with E-state index in [0.717, 1.165) is 17.6 Å². The van der Waals surface area contributed by atoms with Crippen molar-refractivity contribution in [2.24, 2.45) is 0 Å². The van der Waals surface area contributed by atoms with Gasteiger partial charge in [-0.3, -0.25) is 0 Å². The summed E-state index contributed by atoms with van der Waals surface area (Å²) in [5.41, 5.74) is 2.52. The minimum Gasteiger partial charge on any atom is -0.491 e. The maximum absolute atomic E-state index is 10.1. The van der Waals surface area contributed by atoms with Gasteiger partial charge in [-0.1, -0.05) is 13.0 Å². The van der Waals surface area contributed by atoms with Crippen molar-refractivity contribution in [1.82, 2.24) is 0 Å². The summed E-state index contributed by atoms with van der Waals surface area (Å²) in [6, 6.07) is 10.3. The summed E-state index contributed by atoms with van der Waals surface area (Å²) in [5, 5.41) is 12.4. The zero-order chi connectivity index (χ0) is 16.4. The number of fused-ring (bicyclic) bond motifs is 2. The Bertz CT molecular complexity index is 684. The van der Waals surface area contributed by atoms with E-state index in [0.29, 0.717) is 6.42 Å². The van der Waals surface area contributed by atoms with Crippen LogP contribution in [-0.4, -0.2) is 31.0 Å². The highest BCUT2D eigenvalue weighted by atomic mass is 127. The number of ether oxygens (including phenoxy) is 2. The Hall–Kier alpha value is -0.890. The molecular formula is C18H21IO4. The molecule has 124 valence electrons. The van der Waals surface area contributed by atoms with E-state index in [-0.39, 0.29) is 18.8 Å². The first-order valence-corrected chi connectivity index (χ1v) is 8.73. The van der Waals surface area contributed by atoms with E-state index in [4.69, 9.17) is 12.5 Å². The monoisotopic (exact) mass is 428 g/mol. The van der Waals surface area contributed by atoms with E-state index < -0.39 is 6.10 Å². The zero-order valence-corrected chi connectivity index (χ0v) is 15.4. The summed E-state index contributed by atoms with van der Waals surface area (Å²) in [5.74, 6) is 0.773. The van der Waals surface area contributed by atoms with Gasteiger partial charge in [-0.25, -0.2) is 0 Å². The molecule has 0 aliphatic heterocycles. The molecule has 0 saturated carbocycles. The molecule has 0 aromatic heterocycles. The SMILES string of the molecule is CCC(CC(O)COc1ccc2cc3c(cc2c1)C3OC)OI. The molecule has 23 heavy (non-hydrogen) atoms. The van der Waals surface area contributed by atoms with Crippen molar-refractivity contribution < 1.29 is 17.6 Å². The summed E-state index contributed by atoms with van der Waals surface area (Å²) in [6.07, 6.45) is 1.15. The predicted molar refractivity (Wildman–Crippen MR) is 98.1 cm³/mol. The molecule has 4 nitrogen and oxygen atoms in total. The van der Waals surface area contributed by atoms with Crippen LogP contribution in [-0.2, 0) is 7.80 Å². The third-order valence-corrected chi connectivity index (χ3v) is 5.01. The second kappa shape index (κ2) is 7.34. The van der Waals surface area contributed by atoms with Gasteiger partial charge in [0, 0.05) is 13.5 Å². The first-order chi connectivity index (χ1) is 11.2. The largest absolute Gasteiger partial charge is 0.491 e. The average molecular weight is 428 g/mol. The maximum atomic E-state index is 10.1. The van der Waals surface area contributed by atoms with Gasteiger partial charge in [-0.2, -0.15) is 0 Å². The molecule has 1 N–H and O–H groups in total. The van der Waals surface area contributed by atoms with Gasteiger partial charge in [0.25, 0.3) is 0 Å². The molecule has 0 heterocycles. The van der Waals surface area contributed by atoms with Crippen molar-refractivity contribution in [2.45, 2.75) is 38.1 Å². The van der Waals surface area contributed by atoms with Gasteiger partial charge in [0.05, 0.1) is 12.2 Å². The Labute approximate surface area is 150 Å². The van der Waals surface area contributed by atoms with Gasteiger partial charge in [-0.05, 0) is 52.6 Å². The van der Waals surface area contributed by atoms with Crippen molar-refractivity contribution >= 4 is 33.8 Å². The number of hydrogen-bond acceptors (Lipinski definition) is 4. The summed E-state index contributed by atoms with van der Waals surface area (Å²) in [6.45, 7) is 2.31. The highest BCUT2D eigenvalue weighted by Gasteiger charge is 2.32. The molecule has 3 atom stereocenters. The molecule has 0 saturated heterocycles. The number of methoxy groups -OCH3 is 1. The highest BCUT2D eigenvalue weighted by Crippen LogP contribution is 2.46. The molecule has 1 aliphatic rings. The van der Waals surface area contributed by atoms with Gasteiger partial charge in [-0.15, -0.1) is 0 Å². The maximum Gasteiger partial charge on any atom is 0.120 e. The number of halogens is 1. The molecule has 0 radical (unpaired) electrons. The lowest BCUT2D eigenvalue weighted by Gasteiger charge is -2.17. The van der Waals surface area contributed by atoms with Gasteiger partial charge < -0.3 is 17.6 Å². The lowest BCUT2D eigenvalue weighted by Crippen LogP contribution is -2.23. The zero-order valence-electron chi connectivity index (χ0n) is 13.3. The summed E-state index contributed by atoms with van der Waals surface area (Å²) in [7, 11) is 1.73. The van der Waals surface area contributed by atoms with Gasteiger partial charge in [0.15, 0.2) is 0 Å². The fourth-order valence-corrected chi connectivity index (χ4v) is 3.44. The number of aliphatic hydroxyl groups excluding tert-OH is 1. The molecule has 1 aliphatic carbocycles. The minimum absolute atomic E-state index is 0.0619. The van der Waals surface area contributed by atoms with Gasteiger partial charge in [0.1, 0.15) is 41.5 Å². The quantitative estimate of drug-likeness (QED) is 0.642. The Balaban J connectivity index is 1.63. The van der Waals surface area contributed by atoms with Crippen LogP contribution >= 0.6 is 23.0 Å². The Kier molecular flexibility index (Phi) is 5.41. The van der Waals surface area contributed by atoms with Crippen LogP contribution in [0.1, 0.15) is 37.0 Å². The molecule has 3 unspecified atom stereocenters. The van der Waals surface area contributed by atoms with Crippen LogP contribution in [0.3, 0.4) is 0 Å². The number of benzene rings is 2. The number of aliphatic hydroxyl groups is 1. The van der Waals surface area contributed by atoms with Crippen molar-refractivity contribution in [3.05, 3.63) is 41.5 Å². The average Bonchev–Trinajstić information content (AvgIpc) is 3.27. The topological polar surface area (TPSA) is 47.9 Å². The van der Waals surface area contributed by atoms with Crippen LogP contribution in [0.25, 0.3) is 10.8 Å². The van der Waals surface area contributed by atoms with Crippen molar-refractivity contribution in [3.8, 4) is 5.75 Å². The summed E-state index contributed by atoms with van der Waals surface area (Å²) in [4.78, 5) is 0. The van der Waals surface area contributed by atoms with E-state index >= 15 is 0 Å². The van der Waals surface area contributed by atoms with E-state index in [2.05, 4.69) is 12.1 Å². The summed E-state index contributed by atoms with van der Waals surface area (Å²) >= 11 is 1.88. The van der Waals surface area contributed by atoms with Crippen LogP contribution in [0, 0.1) is 0 Å². The molecule has 0 fully saturated rings. The molecule has 0 amide bonds. The van der Waals surface area contributed by atoms with Crippen molar-refractivity contribution in [1.29, 1.82) is 0 Å². The van der Waals surface area contributed by atoms with Crippen molar-refractivity contribution in [2.75, 3.05) is 13.7 Å². The lowest BCUT2D eigenvalue weighted by molar-refractivity contribution is 0.0695. The van der Waals surface area contributed by atoms with E-state index in [1.807, 2.05) is 48.1 Å². The molecule has 0 bridgehead atoms. The molecule has 0 spiro atoms. The standard InChI is InChI=1S/C18H21IO4/c1-3-14(23-19)9-13(20)10-22-15-5-4-11-7-16-17(18(16)21-2)8-12(11)6-15/h4-8,13-14,18,20H,3,9-10H2,1-2H3. The third-order valence-electron chi connectivity index (χ3n) is 4.29. The van der Waals surface area contributed by atoms with E-state index in [1.54, 1.807) is 7.11 Å². The fraction of sp³-hybridized carbons (Fsp3) is 0.444. The highest BCUT2D eigenvalue weighted by molar-refractivity contribution is 14.1. The molecular weight excluding hydrogens is 407 g/mol. The van der Waals surface area contributed by atoms with Gasteiger partial charge in [0.2, 0.25) is 0 Å². The smallest absolute Gasteiger partial charge is 0.120 e. The lowest BCUT2D eigenvalue weighted by atomic mass is 10.1. The Morgan fingerprint density at radius 1 is 1.17 bits per heavy atom. The third kappa shape index (κ3) is 3.79. The first-order valence-electron chi connectivity index (χ1n) is 7.85. The predicted octanol–water partition coefficient (Wildman–Crippen LogP) is 4.16. The molecule has 3 rings (SSSR count). The summed E-state index contributed by atoms with van der Waals surface area (Å²) < 4.78 is 16.4. The Morgan fingerprint density at radius 3 is 2.57 bits per heavy atom. The van der Waals surface area contributed by atoms with Gasteiger partial charge >= 0.3 is 0 Å². The van der Waals surface area contributed by atoms with Crippen LogP contribution < -0.4 is 4.74 Å². The number of rotatable bonds is 8. The number of hydrogen-bond donors (Lipinski definition) is 1. The van der Waals surface area contributed by atoms with Crippen LogP contribution in [0.5, 0.6) is 5.75 Å². The fourth-order valence-electron chi connectivity index (χ4n) is 2.87. The van der Waals surface area contributed by atoms with Crippen molar-refractivity contribution in [3.63, 3.8) is 0 Å². The van der Waals surface area contributed by atoms with E-state index in [9.17, 15) is 5.11 Å². The normalized spacial score (nSPS) is 18.5. The van der Waals surface area contributed by atoms with E-state index in [1.165, 1.54) is 16.5 Å².